The standard InChI is InChI=1S/C15H20N2O3/c1-10-8-12(2-3-13(10)16)15(20)17-6-4-11(5-7-17)9-14(18)19/h2-3,8,11H,4-7,9,16H2,1H3,(H,18,19). The van der Waals surface area contributed by atoms with Crippen LogP contribution in [-0.2, 0) is 4.79 Å². The van der Waals surface area contributed by atoms with Crippen molar-refractivity contribution in [3.8, 4) is 0 Å². The smallest absolute Gasteiger partial charge is 0.303 e. The van der Waals surface area contributed by atoms with Crippen molar-refractivity contribution in [1.29, 1.82) is 0 Å². The van der Waals surface area contributed by atoms with Crippen LogP contribution in [0.3, 0.4) is 0 Å². The molecule has 1 heterocycles. The van der Waals surface area contributed by atoms with Crippen LogP contribution in [0.4, 0.5) is 5.69 Å². The number of carboxylic acid groups (broad SMARTS) is 1. The summed E-state index contributed by atoms with van der Waals surface area (Å²) in [5.41, 5.74) is 7.98. The highest BCUT2D eigenvalue weighted by molar-refractivity contribution is 5.95. The second-order valence-electron chi connectivity index (χ2n) is 5.40. The van der Waals surface area contributed by atoms with Crippen LogP contribution < -0.4 is 5.73 Å². The zero-order chi connectivity index (χ0) is 14.7. The molecule has 1 fully saturated rings. The number of nitrogens with two attached hydrogens (primary N) is 1. The predicted molar refractivity (Wildman–Crippen MR) is 76.5 cm³/mol. The number of anilines is 1. The number of benzene rings is 1. The summed E-state index contributed by atoms with van der Waals surface area (Å²) in [5, 5.41) is 8.78. The van der Waals surface area contributed by atoms with Crippen LogP contribution >= 0.6 is 0 Å². The van der Waals surface area contributed by atoms with Crippen molar-refractivity contribution in [2.75, 3.05) is 18.8 Å². The molecule has 3 N–H and O–H groups in total. The van der Waals surface area contributed by atoms with Gasteiger partial charge in [0.05, 0.1) is 0 Å². The first-order chi connectivity index (χ1) is 9.47. The van der Waals surface area contributed by atoms with Crippen LogP contribution in [0, 0.1) is 12.8 Å². The number of nitrogens with zero attached hydrogens (tertiary/aromatic N) is 1. The number of amides is 1. The van der Waals surface area contributed by atoms with Crippen LogP contribution in [0.2, 0.25) is 0 Å². The number of rotatable bonds is 3. The number of carbonyl (C=O) groups excluding carboxylic acids is 1. The van der Waals surface area contributed by atoms with Crippen molar-refractivity contribution in [3.63, 3.8) is 0 Å². The van der Waals surface area contributed by atoms with Crippen molar-refractivity contribution < 1.29 is 14.7 Å². The molecular formula is C15H20N2O3. The van der Waals surface area contributed by atoms with Crippen molar-refractivity contribution in [3.05, 3.63) is 29.3 Å². The number of hydrogen-bond acceptors (Lipinski definition) is 3. The summed E-state index contributed by atoms with van der Waals surface area (Å²) in [5.74, 6) is -0.574. The van der Waals surface area contributed by atoms with Gasteiger partial charge in [0.2, 0.25) is 0 Å². The molecule has 0 saturated carbocycles. The highest BCUT2D eigenvalue weighted by Crippen LogP contribution is 2.22. The molecule has 1 aromatic rings. The molecule has 1 amide bonds. The molecular weight excluding hydrogens is 256 g/mol. The van der Waals surface area contributed by atoms with Gasteiger partial charge in [-0.15, -0.1) is 0 Å². The van der Waals surface area contributed by atoms with Gasteiger partial charge in [0.15, 0.2) is 0 Å². The Kier molecular flexibility index (Phi) is 4.27. The largest absolute Gasteiger partial charge is 0.481 e. The molecule has 5 nitrogen and oxygen atoms in total. The van der Waals surface area contributed by atoms with E-state index in [1.54, 1.807) is 23.1 Å². The van der Waals surface area contributed by atoms with Gasteiger partial charge in [0.1, 0.15) is 0 Å². The van der Waals surface area contributed by atoms with Crippen LogP contribution in [0.5, 0.6) is 0 Å². The van der Waals surface area contributed by atoms with Crippen molar-refractivity contribution in [2.45, 2.75) is 26.2 Å². The molecule has 0 bridgehead atoms. The lowest BCUT2D eigenvalue weighted by atomic mass is 9.93. The monoisotopic (exact) mass is 276 g/mol. The summed E-state index contributed by atoms with van der Waals surface area (Å²) in [6, 6.07) is 5.30. The summed E-state index contributed by atoms with van der Waals surface area (Å²) >= 11 is 0. The van der Waals surface area contributed by atoms with Crippen LogP contribution in [0.15, 0.2) is 18.2 Å². The molecule has 2 rings (SSSR count). The molecule has 0 spiro atoms. The van der Waals surface area contributed by atoms with Gasteiger partial charge in [-0.05, 0) is 49.4 Å². The van der Waals surface area contributed by atoms with Gasteiger partial charge < -0.3 is 15.7 Å². The first kappa shape index (κ1) is 14.4. The minimum Gasteiger partial charge on any atom is -0.481 e. The van der Waals surface area contributed by atoms with E-state index in [2.05, 4.69) is 0 Å². The topological polar surface area (TPSA) is 83.6 Å². The maximum Gasteiger partial charge on any atom is 0.303 e. The van der Waals surface area contributed by atoms with Crippen molar-refractivity contribution in [2.24, 2.45) is 5.92 Å². The quantitative estimate of drug-likeness (QED) is 0.826. The lowest BCUT2D eigenvalue weighted by molar-refractivity contribution is -0.138. The summed E-state index contributed by atoms with van der Waals surface area (Å²) in [4.78, 5) is 24.8. The molecule has 0 atom stereocenters. The SMILES string of the molecule is Cc1cc(C(=O)N2CCC(CC(=O)O)CC2)ccc1N. The summed E-state index contributed by atoms with van der Waals surface area (Å²) in [6.45, 7) is 3.13. The molecule has 1 saturated heterocycles. The Hall–Kier alpha value is -2.04. The second-order valence-corrected chi connectivity index (χ2v) is 5.40. The third-order valence-corrected chi connectivity index (χ3v) is 3.88. The van der Waals surface area contributed by atoms with E-state index in [9.17, 15) is 9.59 Å². The average molecular weight is 276 g/mol. The van der Waals surface area contributed by atoms with Crippen LogP contribution in [0.25, 0.3) is 0 Å². The molecule has 0 radical (unpaired) electrons. The van der Waals surface area contributed by atoms with E-state index in [4.69, 9.17) is 10.8 Å². The molecule has 0 unspecified atom stereocenters. The van der Waals surface area contributed by atoms with E-state index >= 15 is 0 Å². The van der Waals surface area contributed by atoms with E-state index < -0.39 is 5.97 Å². The minimum absolute atomic E-state index is 0.00174. The second kappa shape index (κ2) is 5.94. The number of aryl methyl sites for hydroxylation is 1. The zero-order valence-corrected chi connectivity index (χ0v) is 11.6. The van der Waals surface area contributed by atoms with Gasteiger partial charge in [-0.1, -0.05) is 0 Å². The molecule has 5 heteroatoms. The fourth-order valence-electron chi connectivity index (χ4n) is 2.58. The first-order valence-electron chi connectivity index (χ1n) is 6.84. The lowest BCUT2D eigenvalue weighted by Crippen LogP contribution is -2.38. The Morgan fingerprint density at radius 2 is 2.00 bits per heavy atom. The van der Waals surface area contributed by atoms with E-state index in [0.717, 1.165) is 18.4 Å². The minimum atomic E-state index is -0.760. The van der Waals surface area contributed by atoms with E-state index in [-0.39, 0.29) is 18.2 Å². The zero-order valence-electron chi connectivity index (χ0n) is 11.6. The number of carbonyl (C=O) groups is 2. The Morgan fingerprint density at radius 3 is 2.55 bits per heavy atom. The Morgan fingerprint density at radius 1 is 1.35 bits per heavy atom. The third-order valence-electron chi connectivity index (χ3n) is 3.88. The molecule has 1 aromatic carbocycles. The molecule has 20 heavy (non-hydrogen) atoms. The van der Waals surface area contributed by atoms with Crippen molar-refractivity contribution >= 4 is 17.6 Å². The van der Waals surface area contributed by atoms with Crippen molar-refractivity contribution in [1.82, 2.24) is 4.90 Å². The summed E-state index contributed by atoms with van der Waals surface area (Å²) in [7, 11) is 0. The number of hydrogen-bond donors (Lipinski definition) is 2. The fourth-order valence-corrected chi connectivity index (χ4v) is 2.58. The highest BCUT2D eigenvalue weighted by Gasteiger charge is 2.25. The number of nitrogen functional groups attached to an aromatic ring is 1. The Bertz CT molecular complexity index is 520. The average Bonchev–Trinajstić information content (AvgIpc) is 2.41. The highest BCUT2D eigenvalue weighted by atomic mass is 16.4. The molecule has 0 aliphatic carbocycles. The third kappa shape index (κ3) is 3.29. The molecule has 1 aliphatic rings. The fraction of sp³-hybridized carbons (Fsp3) is 0.467. The summed E-state index contributed by atoms with van der Waals surface area (Å²) in [6.07, 6.45) is 1.71. The number of likely N-dealkylation sites (tertiary alicyclic amines) is 1. The van der Waals surface area contributed by atoms with Gasteiger partial charge in [-0.2, -0.15) is 0 Å². The Labute approximate surface area is 118 Å². The van der Waals surface area contributed by atoms with Gasteiger partial charge in [-0.25, -0.2) is 0 Å². The van der Waals surface area contributed by atoms with Crippen LogP contribution in [0.1, 0.15) is 35.2 Å². The summed E-state index contributed by atoms with van der Waals surface area (Å²) < 4.78 is 0. The van der Waals surface area contributed by atoms with Gasteiger partial charge in [0.25, 0.3) is 5.91 Å². The number of aliphatic carboxylic acids is 1. The Balaban J connectivity index is 1.97. The molecule has 108 valence electrons. The molecule has 0 aromatic heterocycles. The first-order valence-corrected chi connectivity index (χ1v) is 6.84. The number of carboxylic acids is 1. The maximum absolute atomic E-state index is 12.4. The van der Waals surface area contributed by atoms with E-state index in [1.807, 2.05) is 6.92 Å². The number of piperidine rings is 1. The lowest BCUT2D eigenvalue weighted by Gasteiger charge is -2.31. The predicted octanol–water partition coefficient (Wildman–Crippen LogP) is 1.90. The normalized spacial score (nSPS) is 16.1. The van der Waals surface area contributed by atoms with E-state index in [1.165, 1.54) is 0 Å². The van der Waals surface area contributed by atoms with E-state index in [0.29, 0.717) is 24.3 Å². The van der Waals surface area contributed by atoms with Gasteiger partial charge in [-0.3, -0.25) is 9.59 Å². The van der Waals surface area contributed by atoms with Gasteiger partial charge in [0, 0.05) is 30.8 Å². The molecule has 1 aliphatic heterocycles. The van der Waals surface area contributed by atoms with Crippen LogP contribution in [-0.4, -0.2) is 35.0 Å². The van der Waals surface area contributed by atoms with Gasteiger partial charge >= 0.3 is 5.97 Å². The maximum atomic E-state index is 12.4.